The molecule has 0 radical (unpaired) electrons. The van der Waals surface area contributed by atoms with Gasteiger partial charge in [-0.25, -0.2) is 0 Å². The summed E-state index contributed by atoms with van der Waals surface area (Å²) in [6.45, 7) is 3.26. The quantitative estimate of drug-likeness (QED) is 0.360. The Hall–Kier alpha value is -3.55. The van der Waals surface area contributed by atoms with Crippen LogP contribution in [-0.2, 0) is 33.3 Å². The normalized spacial score (nSPS) is 24.1. The summed E-state index contributed by atoms with van der Waals surface area (Å²) in [6.07, 6.45) is -4.63. The SMILES string of the molecule is CC(=O)OC1OC(n2nnc3cnn(O)c3c2=O)C(OC(C)=O)C1OC(C)=O. The molecule has 0 spiro atoms. The minimum Gasteiger partial charge on any atom is -0.453 e. The monoisotopic (exact) mass is 397 g/mol. The Balaban J connectivity index is 2.09. The van der Waals surface area contributed by atoms with E-state index in [-0.39, 0.29) is 11.0 Å². The Morgan fingerprint density at radius 1 is 1.07 bits per heavy atom. The zero-order chi connectivity index (χ0) is 20.6. The molecule has 2 aromatic rings. The van der Waals surface area contributed by atoms with E-state index in [1.54, 1.807) is 0 Å². The van der Waals surface area contributed by atoms with Gasteiger partial charge in [0, 0.05) is 20.8 Å². The highest BCUT2D eigenvalue weighted by atomic mass is 16.8. The lowest BCUT2D eigenvalue weighted by molar-refractivity contribution is -0.199. The lowest BCUT2D eigenvalue weighted by Crippen LogP contribution is -2.42. The molecule has 14 nitrogen and oxygen atoms in total. The van der Waals surface area contributed by atoms with Gasteiger partial charge in [-0.3, -0.25) is 19.2 Å². The van der Waals surface area contributed by atoms with Crippen molar-refractivity contribution in [2.24, 2.45) is 0 Å². The van der Waals surface area contributed by atoms with Gasteiger partial charge in [-0.15, -0.1) is 10.2 Å². The third-order valence-corrected chi connectivity index (χ3v) is 3.67. The molecule has 150 valence electrons. The van der Waals surface area contributed by atoms with Crippen molar-refractivity contribution in [3.05, 3.63) is 16.6 Å². The van der Waals surface area contributed by atoms with Crippen LogP contribution in [0.1, 0.15) is 27.0 Å². The fraction of sp³-hybridized carbons (Fsp3) is 0.500. The fourth-order valence-electron chi connectivity index (χ4n) is 2.71. The highest BCUT2D eigenvalue weighted by molar-refractivity contribution is 5.71. The molecule has 4 atom stereocenters. The van der Waals surface area contributed by atoms with Gasteiger partial charge in [0.2, 0.25) is 18.6 Å². The van der Waals surface area contributed by atoms with E-state index >= 15 is 0 Å². The average Bonchev–Trinajstić information content (AvgIpc) is 3.10. The van der Waals surface area contributed by atoms with Gasteiger partial charge in [0.05, 0.1) is 6.20 Å². The van der Waals surface area contributed by atoms with Crippen LogP contribution in [0.3, 0.4) is 0 Å². The van der Waals surface area contributed by atoms with E-state index in [4.69, 9.17) is 18.9 Å². The molecular weight excluding hydrogens is 382 g/mol. The van der Waals surface area contributed by atoms with Gasteiger partial charge in [-0.05, 0) is 0 Å². The largest absolute Gasteiger partial charge is 0.453 e. The topological polar surface area (TPSA) is 174 Å². The number of fused-ring (bicyclic) bond motifs is 1. The highest BCUT2D eigenvalue weighted by Crippen LogP contribution is 2.33. The summed E-state index contributed by atoms with van der Waals surface area (Å²) in [6, 6.07) is 0. The Morgan fingerprint density at radius 3 is 2.29 bits per heavy atom. The van der Waals surface area contributed by atoms with Crippen molar-refractivity contribution in [2.75, 3.05) is 0 Å². The van der Waals surface area contributed by atoms with Crippen LogP contribution >= 0.6 is 0 Å². The lowest BCUT2D eigenvalue weighted by Gasteiger charge is -2.22. The van der Waals surface area contributed by atoms with Crippen molar-refractivity contribution < 1.29 is 38.5 Å². The molecule has 0 amide bonds. The molecular formula is C14H15N5O9. The van der Waals surface area contributed by atoms with E-state index in [2.05, 4.69) is 15.4 Å². The van der Waals surface area contributed by atoms with Gasteiger partial charge >= 0.3 is 23.5 Å². The van der Waals surface area contributed by atoms with Crippen molar-refractivity contribution in [2.45, 2.75) is 45.5 Å². The first-order chi connectivity index (χ1) is 13.2. The molecule has 0 aromatic carbocycles. The predicted molar refractivity (Wildman–Crippen MR) is 83.6 cm³/mol. The molecule has 1 saturated heterocycles. The van der Waals surface area contributed by atoms with Crippen molar-refractivity contribution in [1.82, 2.24) is 24.9 Å². The van der Waals surface area contributed by atoms with E-state index in [1.165, 1.54) is 0 Å². The number of nitrogens with zero attached hydrogens (tertiary/aromatic N) is 5. The standard InChI is InChI=1S/C14H15N5O9/c1-5(20)25-10-11(26-6(2)21)14(27-7(3)22)28-13(10)18-12(23)9-8(16-17-18)4-15-19(9)24/h4,10-11,13-14,24H,1-3H3. The van der Waals surface area contributed by atoms with E-state index in [0.29, 0.717) is 9.53 Å². The summed E-state index contributed by atoms with van der Waals surface area (Å²) >= 11 is 0. The second-order valence-corrected chi connectivity index (χ2v) is 5.76. The Morgan fingerprint density at radius 2 is 1.68 bits per heavy atom. The molecule has 3 heterocycles. The first kappa shape index (κ1) is 19.2. The molecule has 14 heteroatoms. The third-order valence-electron chi connectivity index (χ3n) is 3.67. The second kappa shape index (κ2) is 7.22. The number of esters is 3. The fourth-order valence-corrected chi connectivity index (χ4v) is 2.71. The van der Waals surface area contributed by atoms with Crippen LogP contribution in [0.15, 0.2) is 11.0 Å². The Bertz CT molecular complexity index is 999. The maximum atomic E-state index is 12.7. The van der Waals surface area contributed by atoms with Gasteiger partial charge in [0.25, 0.3) is 0 Å². The number of hydrogen-bond donors (Lipinski definition) is 1. The number of ether oxygens (including phenoxy) is 4. The molecule has 1 aliphatic heterocycles. The number of carbonyl (C=O) groups excluding carboxylic acids is 3. The van der Waals surface area contributed by atoms with Crippen molar-refractivity contribution >= 4 is 28.9 Å². The molecule has 1 aliphatic rings. The van der Waals surface area contributed by atoms with Crippen LogP contribution in [0.25, 0.3) is 11.0 Å². The summed E-state index contributed by atoms with van der Waals surface area (Å²) in [7, 11) is 0. The first-order valence-corrected chi connectivity index (χ1v) is 7.88. The number of hydrogen-bond acceptors (Lipinski definition) is 12. The van der Waals surface area contributed by atoms with Gasteiger partial charge in [-0.2, -0.15) is 4.68 Å². The minimum absolute atomic E-state index is 0.00106. The van der Waals surface area contributed by atoms with Gasteiger partial charge < -0.3 is 24.2 Å². The van der Waals surface area contributed by atoms with Gasteiger partial charge in [-0.1, -0.05) is 10.1 Å². The molecule has 2 aromatic heterocycles. The van der Waals surface area contributed by atoms with Crippen molar-refractivity contribution in [3.8, 4) is 0 Å². The first-order valence-electron chi connectivity index (χ1n) is 7.88. The molecule has 0 saturated carbocycles. The predicted octanol–water partition coefficient (Wildman–Crippen LogP) is -1.49. The summed E-state index contributed by atoms with van der Waals surface area (Å²) in [5, 5.41) is 20.6. The summed E-state index contributed by atoms with van der Waals surface area (Å²) in [4.78, 5) is 47.4. The van der Waals surface area contributed by atoms with E-state index in [0.717, 1.165) is 27.0 Å². The molecule has 0 aliphatic carbocycles. The van der Waals surface area contributed by atoms with Crippen LogP contribution in [0.4, 0.5) is 0 Å². The van der Waals surface area contributed by atoms with Gasteiger partial charge in [0.1, 0.15) is 5.52 Å². The van der Waals surface area contributed by atoms with E-state index < -0.39 is 48.2 Å². The highest BCUT2D eigenvalue weighted by Gasteiger charge is 2.53. The number of aromatic nitrogens is 5. The summed E-state index contributed by atoms with van der Waals surface area (Å²) in [5.41, 5.74) is -1.21. The maximum absolute atomic E-state index is 12.7. The zero-order valence-electron chi connectivity index (χ0n) is 14.8. The zero-order valence-corrected chi connectivity index (χ0v) is 14.8. The van der Waals surface area contributed by atoms with Crippen LogP contribution in [0.5, 0.6) is 0 Å². The lowest BCUT2D eigenvalue weighted by atomic mass is 10.2. The van der Waals surface area contributed by atoms with Crippen LogP contribution in [-0.4, -0.2) is 66.6 Å². The van der Waals surface area contributed by atoms with Crippen LogP contribution < -0.4 is 5.56 Å². The molecule has 28 heavy (non-hydrogen) atoms. The molecule has 0 bridgehead atoms. The van der Waals surface area contributed by atoms with Gasteiger partial charge in [0.15, 0.2) is 11.6 Å². The number of rotatable bonds is 4. The second-order valence-electron chi connectivity index (χ2n) is 5.76. The smallest absolute Gasteiger partial charge is 0.305 e. The Labute approximate surface area is 155 Å². The molecule has 1 fully saturated rings. The maximum Gasteiger partial charge on any atom is 0.305 e. The van der Waals surface area contributed by atoms with Crippen molar-refractivity contribution in [1.29, 1.82) is 0 Å². The van der Waals surface area contributed by atoms with E-state index in [9.17, 15) is 24.4 Å². The summed E-state index contributed by atoms with van der Waals surface area (Å²) < 4.78 is 21.3. The van der Waals surface area contributed by atoms with Crippen LogP contribution in [0.2, 0.25) is 0 Å². The summed E-state index contributed by atoms with van der Waals surface area (Å²) in [5.74, 6) is -2.33. The molecule has 1 N–H and O–H groups in total. The van der Waals surface area contributed by atoms with E-state index in [1.807, 2.05) is 0 Å². The third kappa shape index (κ3) is 3.48. The number of carbonyl (C=O) groups is 3. The molecule has 4 unspecified atom stereocenters. The molecule has 3 rings (SSSR count). The minimum atomic E-state index is -1.49. The van der Waals surface area contributed by atoms with Crippen molar-refractivity contribution in [3.63, 3.8) is 0 Å². The van der Waals surface area contributed by atoms with Crippen LogP contribution in [0, 0.1) is 0 Å². The Kier molecular flexibility index (Phi) is 4.96. The average molecular weight is 397 g/mol.